The molecule has 0 spiro atoms. The number of furan rings is 1. The number of carbonyl (C=O) groups excluding carboxylic acids is 1. The van der Waals surface area contributed by atoms with Crippen molar-refractivity contribution in [1.82, 2.24) is 0 Å². The normalized spacial score (nSPS) is 10.7. The van der Waals surface area contributed by atoms with Crippen molar-refractivity contribution in [3.05, 3.63) is 78.4 Å². The number of rotatable bonds is 6. The van der Waals surface area contributed by atoms with Crippen LogP contribution >= 0.6 is 0 Å². The molecule has 1 aromatic heterocycles. The molecule has 5 nitrogen and oxygen atoms in total. The first-order valence-electron chi connectivity index (χ1n) is 9.40. The maximum Gasteiger partial charge on any atom is 0.260 e. The van der Waals surface area contributed by atoms with Gasteiger partial charge >= 0.3 is 0 Å². The fourth-order valence-electron chi connectivity index (χ4n) is 3.26. The largest absolute Gasteiger partial charge is 0.497 e. The number of fused-ring (bicyclic) bond motifs is 1. The Labute approximate surface area is 168 Å². The van der Waals surface area contributed by atoms with E-state index in [0.29, 0.717) is 46.1 Å². The molecule has 1 amide bonds. The van der Waals surface area contributed by atoms with E-state index in [0.717, 1.165) is 5.56 Å². The van der Waals surface area contributed by atoms with Crippen LogP contribution < -0.4 is 14.8 Å². The average molecular weight is 387 g/mol. The van der Waals surface area contributed by atoms with Gasteiger partial charge < -0.3 is 19.2 Å². The molecule has 146 valence electrons. The predicted molar refractivity (Wildman–Crippen MR) is 114 cm³/mol. The number of hydrogen-bond acceptors (Lipinski definition) is 4. The van der Waals surface area contributed by atoms with Crippen molar-refractivity contribution in [3.63, 3.8) is 0 Å². The fraction of sp³-hybridized carbons (Fsp3) is 0.125. The smallest absolute Gasteiger partial charge is 0.260 e. The number of para-hydroxylation sites is 2. The van der Waals surface area contributed by atoms with Crippen molar-refractivity contribution in [2.75, 3.05) is 19.0 Å². The Morgan fingerprint density at radius 3 is 2.52 bits per heavy atom. The molecule has 0 unspecified atom stereocenters. The molecular formula is C24H21NO4. The summed E-state index contributed by atoms with van der Waals surface area (Å²) in [7, 11) is 1.59. The van der Waals surface area contributed by atoms with E-state index >= 15 is 0 Å². The van der Waals surface area contributed by atoms with Crippen molar-refractivity contribution >= 4 is 22.6 Å². The molecule has 29 heavy (non-hydrogen) atoms. The number of amides is 1. The van der Waals surface area contributed by atoms with E-state index in [1.807, 2.05) is 79.7 Å². The second kappa shape index (κ2) is 8.10. The summed E-state index contributed by atoms with van der Waals surface area (Å²) in [6.07, 6.45) is 0. The SMILES string of the molecule is CCOc1ccccc1NC(=O)c1c(-c2ccccc2)oc2ccc(OC)cc12. The molecule has 0 bridgehead atoms. The summed E-state index contributed by atoms with van der Waals surface area (Å²) in [5, 5.41) is 3.66. The van der Waals surface area contributed by atoms with Crippen LogP contribution in [0.1, 0.15) is 17.3 Å². The van der Waals surface area contributed by atoms with Crippen LogP contribution in [0.4, 0.5) is 5.69 Å². The first-order chi connectivity index (χ1) is 14.2. The number of anilines is 1. The van der Waals surface area contributed by atoms with Crippen molar-refractivity contribution in [2.24, 2.45) is 0 Å². The molecule has 0 radical (unpaired) electrons. The number of benzene rings is 3. The molecule has 4 rings (SSSR count). The lowest BCUT2D eigenvalue weighted by Crippen LogP contribution is -2.13. The van der Waals surface area contributed by atoms with E-state index < -0.39 is 0 Å². The minimum absolute atomic E-state index is 0.275. The summed E-state index contributed by atoms with van der Waals surface area (Å²) < 4.78 is 17.1. The molecule has 1 heterocycles. The molecule has 5 heteroatoms. The van der Waals surface area contributed by atoms with Crippen LogP contribution in [-0.4, -0.2) is 19.6 Å². The van der Waals surface area contributed by atoms with E-state index in [1.165, 1.54) is 0 Å². The Morgan fingerprint density at radius 1 is 1.00 bits per heavy atom. The molecule has 1 N–H and O–H groups in total. The van der Waals surface area contributed by atoms with Gasteiger partial charge in [-0.15, -0.1) is 0 Å². The van der Waals surface area contributed by atoms with Gasteiger partial charge in [-0.05, 0) is 37.3 Å². The van der Waals surface area contributed by atoms with E-state index in [-0.39, 0.29) is 5.91 Å². The van der Waals surface area contributed by atoms with Gasteiger partial charge in [-0.3, -0.25) is 4.79 Å². The Morgan fingerprint density at radius 2 is 1.76 bits per heavy atom. The second-order valence-electron chi connectivity index (χ2n) is 6.42. The van der Waals surface area contributed by atoms with Crippen molar-refractivity contribution in [2.45, 2.75) is 6.92 Å². The number of ether oxygens (including phenoxy) is 2. The van der Waals surface area contributed by atoms with Crippen molar-refractivity contribution in [3.8, 4) is 22.8 Å². The lowest BCUT2D eigenvalue weighted by atomic mass is 10.0. The van der Waals surface area contributed by atoms with Gasteiger partial charge in [-0.1, -0.05) is 42.5 Å². The monoisotopic (exact) mass is 387 g/mol. The van der Waals surface area contributed by atoms with Gasteiger partial charge in [0, 0.05) is 10.9 Å². The molecule has 0 aliphatic heterocycles. The fourth-order valence-corrected chi connectivity index (χ4v) is 3.26. The van der Waals surface area contributed by atoms with E-state index in [1.54, 1.807) is 7.11 Å². The highest BCUT2D eigenvalue weighted by molar-refractivity contribution is 6.17. The molecule has 3 aromatic carbocycles. The van der Waals surface area contributed by atoms with Crippen LogP contribution in [0.5, 0.6) is 11.5 Å². The minimum Gasteiger partial charge on any atom is -0.497 e. The van der Waals surface area contributed by atoms with Gasteiger partial charge in [0.05, 0.1) is 25.0 Å². The predicted octanol–water partition coefficient (Wildman–Crippen LogP) is 5.76. The summed E-state index contributed by atoms with van der Waals surface area (Å²) in [5.74, 6) is 1.51. The number of methoxy groups -OCH3 is 1. The summed E-state index contributed by atoms with van der Waals surface area (Å²) in [6, 6.07) is 22.4. The molecule has 0 saturated heterocycles. The van der Waals surface area contributed by atoms with Gasteiger partial charge in [-0.25, -0.2) is 0 Å². The Balaban J connectivity index is 1.84. The third kappa shape index (κ3) is 3.67. The topological polar surface area (TPSA) is 60.7 Å². The lowest BCUT2D eigenvalue weighted by molar-refractivity contribution is 0.102. The number of carbonyl (C=O) groups is 1. The summed E-state index contributed by atoms with van der Waals surface area (Å²) >= 11 is 0. The van der Waals surface area contributed by atoms with Gasteiger partial charge in [-0.2, -0.15) is 0 Å². The zero-order valence-electron chi connectivity index (χ0n) is 16.3. The maximum atomic E-state index is 13.4. The van der Waals surface area contributed by atoms with E-state index in [9.17, 15) is 4.79 Å². The first-order valence-corrected chi connectivity index (χ1v) is 9.40. The number of nitrogens with one attached hydrogen (secondary N) is 1. The van der Waals surface area contributed by atoms with Crippen molar-refractivity contribution in [1.29, 1.82) is 0 Å². The standard InChI is InChI=1S/C24H21NO4/c1-3-28-21-12-8-7-11-19(21)25-24(26)22-18-15-17(27-2)13-14-20(18)29-23(22)16-9-5-4-6-10-16/h4-15H,3H2,1-2H3,(H,25,26). The summed E-state index contributed by atoms with van der Waals surface area (Å²) in [4.78, 5) is 13.4. The van der Waals surface area contributed by atoms with Crippen LogP contribution in [0.25, 0.3) is 22.3 Å². The zero-order chi connectivity index (χ0) is 20.2. The average Bonchev–Trinajstić information content (AvgIpc) is 3.14. The van der Waals surface area contributed by atoms with Gasteiger partial charge in [0.2, 0.25) is 0 Å². The first kappa shape index (κ1) is 18.6. The van der Waals surface area contributed by atoms with Crippen LogP contribution in [0.15, 0.2) is 77.2 Å². The number of hydrogen-bond donors (Lipinski definition) is 1. The van der Waals surface area contributed by atoms with Gasteiger partial charge in [0.1, 0.15) is 22.8 Å². The minimum atomic E-state index is -0.275. The molecule has 0 saturated carbocycles. The molecule has 4 aromatic rings. The Hall–Kier alpha value is -3.73. The molecule has 0 fully saturated rings. The van der Waals surface area contributed by atoms with E-state index in [4.69, 9.17) is 13.9 Å². The van der Waals surface area contributed by atoms with Gasteiger partial charge in [0.15, 0.2) is 0 Å². The third-order valence-corrected chi connectivity index (χ3v) is 4.59. The molecule has 0 aliphatic rings. The van der Waals surface area contributed by atoms with Crippen LogP contribution in [0.3, 0.4) is 0 Å². The van der Waals surface area contributed by atoms with Crippen LogP contribution in [0.2, 0.25) is 0 Å². The highest BCUT2D eigenvalue weighted by Crippen LogP contribution is 2.36. The molecule has 0 atom stereocenters. The molecule has 0 aliphatic carbocycles. The highest BCUT2D eigenvalue weighted by atomic mass is 16.5. The summed E-state index contributed by atoms with van der Waals surface area (Å²) in [5.41, 5.74) is 2.51. The molecular weight excluding hydrogens is 366 g/mol. The van der Waals surface area contributed by atoms with Crippen LogP contribution in [0, 0.1) is 0 Å². The Bertz CT molecular complexity index is 1150. The van der Waals surface area contributed by atoms with Crippen molar-refractivity contribution < 1.29 is 18.7 Å². The Kier molecular flexibility index (Phi) is 5.20. The third-order valence-electron chi connectivity index (χ3n) is 4.59. The maximum absolute atomic E-state index is 13.4. The van der Waals surface area contributed by atoms with Gasteiger partial charge in [0.25, 0.3) is 5.91 Å². The van der Waals surface area contributed by atoms with E-state index in [2.05, 4.69) is 5.32 Å². The zero-order valence-corrected chi connectivity index (χ0v) is 16.3. The highest BCUT2D eigenvalue weighted by Gasteiger charge is 2.23. The summed E-state index contributed by atoms with van der Waals surface area (Å²) in [6.45, 7) is 2.41. The second-order valence-corrected chi connectivity index (χ2v) is 6.42. The lowest BCUT2D eigenvalue weighted by Gasteiger charge is -2.11. The quantitative estimate of drug-likeness (QED) is 0.457. The van der Waals surface area contributed by atoms with Crippen LogP contribution in [-0.2, 0) is 0 Å².